The number of methoxy groups -OCH3 is 1. The van der Waals surface area contributed by atoms with Gasteiger partial charge in [0.15, 0.2) is 0 Å². The maximum absolute atomic E-state index is 12.5. The number of hydrogen-bond donors (Lipinski definition) is 1. The lowest BCUT2D eigenvalue weighted by molar-refractivity contribution is 0.0950. The molecule has 1 N–H and O–H groups in total. The van der Waals surface area contributed by atoms with Crippen molar-refractivity contribution in [3.8, 4) is 5.88 Å². The summed E-state index contributed by atoms with van der Waals surface area (Å²) < 4.78 is 5.19. The van der Waals surface area contributed by atoms with Gasteiger partial charge in [-0.3, -0.25) is 9.78 Å². The summed E-state index contributed by atoms with van der Waals surface area (Å²) in [5.74, 6) is 0.309. The van der Waals surface area contributed by atoms with Crippen molar-refractivity contribution in [1.29, 1.82) is 0 Å². The number of rotatable bonds is 4. The van der Waals surface area contributed by atoms with Crippen molar-refractivity contribution in [1.82, 2.24) is 15.3 Å². The zero-order chi connectivity index (χ0) is 17.1. The first-order valence-corrected chi connectivity index (χ1v) is 7.79. The third-order valence-electron chi connectivity index (χ3n) is 3.70. The maximum atomic E-state index is 12.5. The quantitative estimate of drug-likeness (QED) is 0.788. The van der Waals surface area contributed by atoms with E-state index in [4.69, 9.17) is 16.3 Å². The number of pyridine rings is 2. The third-order valence-corrected chi connectivity index (χ3v) is 3.93. The fourth-order valence-electron chi connectivity index (χ4n) is 2.48. The predicted molar refractivity (Wildman–Crippen MR) is 93.4 cm³/mol. The Morgan fingerprint density at radius 1 is 1.29 bits per heavy atom. The molecule has 24 heavy (non-hydrogen) atoms. The molecule has 1 amide bonds. The van der Waals surface area contributed by atoms with E-state index in [0.29, 0.717) is 28.7 Å². The van der Waals surface area contributed by atoms with Gasteiger partial charge in [-0.05, 0) is 31.2 Å². The summed E-state index contributed by atoms with van der Waals surface area (Å²) in [5.41, 5.74) is 2.77. The van der Waals surface area contributed by atoms with Crippen molar-refractivity contribution >= 4 is 28.4 Å². The summed E-state index contributed by atoms with van der Waals surface area (Å²) >= 11 is 5.98. The number of hydrogen-bond acceptors (Lipinski definition) is 4. The first-order valence-electron chi connectivity index (χ1n) is 7.41. The Kier molecular flexibility index (Phi) is 4.62. The highest BCUT2D eigenvalue weighted by atomic mass is 35.5. The van der Waals surface area contributed by atoms with Crippen molar-refractivity contribution in [2.45, 2.75) is 13.5 Å². The Morgan fingerprint density at radius 3 is 2.92 bits per heavy atom. The monoisotopic (exact) mass is 341 g/mol. The zero-order valence-electron chi connectivity index (χ0n) is 13.3. The van der Waals surface area contributed by atoms with Gasteiger partial charge in [0.1, 0.15) is 0 Å². The molecule has 0 saturated heterocycles. The zero-order valence-corrected chi connectivity index (χ0v) is 14.1. The molecule has 0 fully saturated rings. The number of aryl methyl sites for hydroxylation is 1. The van der Waals surface area contributed by atoms with Gasteiger partial charge in [0.05, 0.1) is 23.9 Å². The van der Waals surface area contributed by atoms with Crippen molar-refractivity contribution in [3.63, 3.8) is 0 Å². The lowest BCUT2D eigenvalue weighted by atomic mass is 10.1. The number of benzene rings is 1. The molecule has 0 aliphatic carbocycles. The maximum Gasteiger partial charge on any atom is 0.253 e. The average Bonchev–Trinajstić information content (AvgIpc) is 2.59. The topological polar surface area (TPSA) is 64.1 Å². The Balaban J connectivity index is 1.83. The Hall–Kier alpha value is -2.66. The summed E-state index contributed by atoms with van der Waals surface area (Å²) in [7, 11) is 1.55. The third kappa shape index (κ3) is 3.31. The molecule has 0 unspecified atom stereocenters. The van der Waals surface area contributed by atoms with Crippen molar-refractivity contribution in [2.24, 2.45) is 0 Å². The van der Waals surface area contributed by atoms with Crippen LogP contribution in [0, 0.1) is 6.92 Å². The van der Waals surface area contributed by atoms with Crippen LogP contribution < -0.4 is 10.1 Å². The van der Waals surface area contributed by atoms with Crippen LogP contribution in [0.15, 0.2) is 42.6 Å². The fourth-order valence-corrected chi connectivity index (χ4v) is 2.65. The summed E-state index contributed by atoms with van der Waals surface area (Å²) in [4.78, 5) is 21.1. The number of nitrogens with one attached hydrogen (secondary N) is 1. The fraction of sp³-hybridized carbons (Fsp3) is 0.167. The number of nitrogens with zero attached hydrogens (tertiary/aromatic N) is 2. The van der Waals surface area contributed by atoms with E-state index in [9.17, 15) is 4.79 Å². The van der Waals surface area contributed by atoms with Gasteiger partial charge in [0, 0.05) is 28.7 Å². The minimum absolute atomic E-state index is 0.192. The SMILES string of the molecule is COc1ncccc1CNC(=O)c1cc2ccc(Cl)cc2nc1C. The molecule has 2 heterocycles. The number of halogens is 1. The van der Waals surface area contributed by atoms with Gasteiger partial charge in [0.25, 0.3) is 5.91 Å². The van der Waals surface area contributed by atoms with Crippen LogP contribution in [0.25, 0.3) is 10.9 Å². The van der Waals surface area contributed by atoms with E-state index in [1.165, 1.54) is 0 Å². The lowest BCUT2D eigenvalue weighted by Gasteiger charge is -2.10. The number of amides is 1. The van der Waals surface area contributed by atoms with E-state index in [1.54, 1.807) is 38.4 Å². The van der Waals surface area contributed by atoms with Gasteiger partial charge in [-0.25, -0.2) is 4.98 Å². The van der Waals surface area contributed by atoms with Crippen molar-refractivity contribution in [3.05, 3.63) is 64.4 Å². The Bertz CT molecular complexity index is 912. The van der Waals surface area contributed by atoms with Gasteiger partial charge in [-0.1, -0.05) is 23.7 Å². The minimum atomic E-state index is -0.192. The van der Waals surface area contributed by atoms with Gasteiger partial charge < -0.3 is 10.1 Å². The molecular weight excluding hydrogens is 326 g/mol. The highest BCUT2D eigenvalue weighted by molar-refractivity contribution is 6.31. The van der Waals surface area contributed by atoms with E-state index in [-0.39, 0.29) is 5.91 Å². The number of carbonyl (C=O) groups is 1. The van der Waals surface area contributed by atoms with Gasteiger partial charge >= 0.3 is 0 Å². The summed E-state index contributed by atoms with van der Waals surface area (Å²) in [6.07, 6.45) is 1.65. The van der Waals surface area contributed by atoms with Crippen LogP contribution in [0.1, 0.15) is 21.6 Å². The van der Waals surface area contributed by atoms with Crippen LogP contribution in [-0.4, -0.2) is 23.0 Å². The molecule has 5 nitrogen and oxygen atoms in total. The summed E-state index contributed by atoms with van der Waals surface area (Å²) in [6, 6.07) is 10.9. The Morgan fingerprint density at radius 2 is 2.12 bits per heavy atom. The standard InChI is InChI=1S/C18H16ClN3O2/c1-11-15(8-12-5-6-14(19)9-16(12)22-11)17(23)21-10-13-4-3-7-20-18(13)24-2/h3-9H,10H2,1-2H3,(H,21,23). The minimum Gasteiger partial charge on any atom is -0.481 e. The molecule has 0 spiro atoms. The summed E-state index contributed by atoms with van der Waals surface area (Å²) in [5, 5.41) is 4.37. The van der Waals surface area contributed by atoms with Crippen LogP contribution in [0.3, 0.4) is 0 Å². The number of fused-ring (bicyclic) bond motifs is 1. The largest absolute Gasteiger partial charge is 0.481 e. The molecule has 1 aromatic carbocycles. The molecule has 122 valence electrons. The van der Waals surface area contributed by atoms with E-state index in [0.717, 1.165) is 16.5 Å². The van der Waals surface area contributed by atoms with Crippen LogP contribution >= 0.6 is 11.6 Å². The molecule has 0 saturated carbocycles. The van der Waals surface area contributed by atoms with Gasteiger partial charge in [-0.15, -0.1) is 0 Å². The van der Waals surface area contributed by atoms with Crippen LogP contribution in [0.4, 0.5) is 0 Å². The van der Waals surface area contributed by atoms with Crippen molar-refractivity contribution in [2.75, 3.05) is 7.11 Å². The van der Waals surface area contributed by atoms with Gasteiger partial charge in [-0.2, -0.15) is 0 Å². The smallest absolute Gasteiger partial charge is 0.253 e. The summed E-state index contributed by atoms with van der Waals surface area (Å²) in [6.45, 7) is 2.13. The van der Waals surface area contributed by atoms with E-state index >= 15 is 0 Å². The number of aromatic nitrogens is 2. The second kappa shape index (κ2) is 6.84. The van der Waals surface area contributed by atoms with Gasteiger partial charge in [0.2, 0.25) is 5.88 Å². The molecule has 0 aliphatic rings. The molecule has 0 aliphatic heterocycles. The van der Waals surface area contributed by atoms with Crippen LogP contribution in [-0.2, 0) is 6.54 Å². The molecule has 6 heteroatoms. The van der Waals surface area contributed by atoms with Crippen LogP contribution in [0.2, 0.25) is 5.02 Å². The predicted octanol–water partition coefficient (Wildman–Crippen LogP) is 3.53. The molecule has 3 aromatic rings. The number of carbonyl (C=O) groups excluding carboxylic acids is 1. The molecule has 3 rings (SSSR count). The molecule has 0 bridgehead atoms. The second-order valence-electron chi connectivity index (χ2n) is 5.31. The average molecular weight is 342 g/mol. The first kappa shape index (κ1) is 16.2. The normalized spacial score (nSPS) is 10.6. The number of ether oxygens (including phenoxy) is 1. The van der Waals surface area contributed by atoms with Crippen molar-refractivity contribution < 1.29 is 9.53 Å². The second-order valence-corrected chi connectivity index (χ2v) is 5.75. The molecule has 0 atom stereocenters. The molecular formula is C18H16ClN3O2. The molecule has 2 aromatic heterocycles. The van der Waals surface area contributed by atoms with E-state index in [1.807, 2.05) is 18.2 Å². The first-order chi connectivity index (χ1) is 11.6. The van der Waals surface area contributed by atoms with E-state index in [2.05, 4.69) is 15.3 Å². The Labute approximate surface area is 144 Å². The highest BCUT2D eigenvalue weighted by Crippen LogP contribution is 2.21. The van der Waals surface area contributed by atoms with E-state index < -0.39 is 0 Å². The highest BCUT2D eigenvalue weighted by Gasteiger charge is 2.13. The van der Waals surface area contributed by atoms with Crippen LogP contribution in [0.5, 0.6) is 5.88 Å². The molecule has 0 radical (unpaired) electrons. The lowest BCUT2D eigenvalue weighted by Crippen LogP contribution is -2.24.